The van der Waals surface area contributed by atoms with Crippen LogP contribution in [-0.4, -0.2) is 49.7 Å². The van der Waals surface area contributed by atoms with E-state index in [0.717, 1.165) is 0 Å². The smallest absolute Gasteiger partial charge is 0.247 e. The summed E-state index contributed by atoms with van der Waals surface area (Å²) in [6, 6.07) is 0. The summed E-state index contributed by atoms with van der Waals surface area (Å²) in [6.07, 6.45) is 1.64. The van der Waals surface area contributed by atoms with Crippen LogP contribution >= 0.6 is 0 Å². The summed E-state index contributed by atoms with van der Waals surface area (Å²) in [4.78, 5) is 24.4. The molecule has 25 heavy (non-hydrogen) atoms. The lowest BCUT2D eigenvalue weighted by molar-refractivity contribution is -0.130. The van der Waals surface area contributed by atoms with E-state index in [4.69, 9.17) is 10.1 Å². The van der Waals surface area contributed by atoms with E-state index < -0.39 is 26.4 Å². The largest absolute Gasteiger partial charge is 0.381 e. The molecule has 0 saturated carbocycles. The molecule has 1 aliphatic heterocycles. The van der Waals surface area contributed by atoms with Crippen molar-refractivity contribution in [3.63, 3.8) is 0 Å². The first-order chi connectivity index (χ1) is 11.5. The molecular weight excluding hydrogens is 344 g/mol. The average Bonchev–Trinajstić information content (AvgIpc) is 2.53. The van der Waals surface area contributed by atoms with Gasteiger partial charge in [-0.25, -0.2) is 8.42 Å². The molecule has 1 rings (SSSR count). The molecule has 2 N–H and O–H groups in total. The Kier molecular flexibility index (Phi) is 7.74. The van der Waals surface area contributed by atoms with Crippen molar-refractivity contribution in [1.82, 2.24) is 5.32 Å². The van der Waals surface area contributed by atoms with E-state index in [-0.39, 0.29) is 29.7 Å². The van der Waals surface area contributed by atoms with E-state index in [1.54, 1.807) is 0 Å². The fraction of sp³-hybridized carbons (Fsp3) is 0.824. The first-order valence-electron chi connectivity index (χ1n) is 8.69. The van der Waals surface area contributed by atoms with Gasteiger partial charge in [0.2, 0.25) is 11.8 Å². The third kappa shape index (κ3) is 6.18. The molecule has 0 spiro atoms. The van der Waals surface area contributed by atoms with Crippen LogP contribution in [0, 0.1) is 17.2 Å². The van der Waals surface area contributed by atoms with E-state index in [1.807, 2.05) is 13.8 Å². The summed E-state index contributed by atoms with van der Waals surface area (Å²) in [7, 11) is -3.68. The van der Waals surface area contributed by atoms with Crippen molar-refractivity contribution in [2.45, 2.75) is 58.1 Å². The van der Waals surface area contributed by atoms with Gasteiger partial charge >= 0.3 is 0 Å². The second-order valence-corrected chi connectivity index (χ2v) is 10.1. The normalized spacial score (nSPS) is 16.7. The standard InChI is InChI=1S/C17H30N2O5S/c1-12(2)7-10-25(22,23)17(3,4)16(21)19-15(20)11-14(18)13-5-8-24-9-6-13/h12-13,18H,5-11H2,1-4H3,(H,19,20,21). The monoisotopic (exact) mass is 374 g/mol. The number of hydrogen-bond acceptors (Lipinski definition) is 6. The number of carbonyl (C=O) groups excluding carboxylic acids is 2. The number of carbonyl (C=O) groups is 2. The van der Waals surface area contributed by atoms with Crippen LogP contribution in [0.3, 0.4) is 0 Å². The van der Waals surface area contributed by atoms with Gasteiger partial charge in [0.15, 0.2) is 9.84 Å². The predicted molar refractivity (Wildman–Crippen MR) is 96.4 cm³/mol. The predicted octanol–water partition coefficient (Wildman–Crippen LogP) is 1.71. The maximum Gasteiger partial charge on any atom is 0.247 e. The summed E-state index contributed by atoms with van der Waals surface area (Å²) in [6.45, 7) is 7.58. The summed E-state index contributed by atoms with van der Waals surface area (Å²) < 4.78 is 28.4. The first kappa shape index (κ1) is 21.8. The van der Waals surface area contributed by atoms with E-state index in [2.05, 4.69) is 5.32 Å². The van der Waals surface area contributed by atoms with Gasteiger partial charge in [0.25, 0.3) is 0 Å². The lowest BCUT2D eigenvalue weighted by atomic mass is 9.92. The van der Waals surface area contributed by atoms with Gasteiger partial charge in [0.05, 0.1) is 12.2 Å². The maximum absolute atomic E-state index is 12.4. The van der Waals surface area contributed by atoms with E-state index in [1.165, 1.54) is 13.8 Å². The van der Waals surface area contributed by atoms with Crippen LogP contribution in [0.15, 0.2) is 0 Å². The molecular formula is C17H30N2O5S. The molecule has 144 valence electrons. The van der Waals surface area contributed by atoms with Crippen molar-refractivity contribution in [2.75, 3.05) is 19.0 Å². The topological polar surface area (TPSA) is 113 Å². The third-order valence-electron chi connectivity index (χ3n) is 4.61. The van der Waals surface area contributed by atoms with Gasteiger partial charge in [-0.05, 0) is 39.0 Å². The number of sulfone groups is 1. The highest BCUT2D eigenvalue weighted by Gasteiger charge is 2.42. The molecule has 1 heterocycles. The summed E-state index contributed by atoms with van der Waals surface area (Å²) in [5, 5.41) is 10.2. The zero-order chi connectivity index (χ0) is 19.3. The van der Waals surface area contributed by atoms with Gasteiger partial charge in [-0.2, -0.15) is 0 Å². The van der Waals surface area contributed by atoms with Crippen molar-refractivity contribution in [2.24, 2.45) is 11.8 Å². The van der Waals surface area contributed by atoms with Crippen LogP contribution in [0.1, 0.15) is 53.4 Å². The Bertz CT molecular complexity index is 605. The Hall–Kier alpha value is -1.28. The van der Waals surface area contributed by atoms with E-state index >= 15 is 0 Å². The molecule has 0 unspecified atom stereocenters. The highest BCUT2D eigenvalue weighted by Crippen LogP contribution is 2.21. The van der Waals surface area contributed by atoms with Crippen molar-refractivity contribution < 1.29 is 22.7 Å². The number of rotatable bonds is 8. The maximum atomic E-state index is 12.4. The highest BCUT2D eigenvalue weighted by atomic mass is 32.2. The molecule has 0 atom stereocenters. The van der Waals surface area contributed by atoms with Gasteiger partial charge in [-0.15, -0.1) is 0 Å². The molecule has 0 aromatic carbocycles. The third-order valence-corrected chi connectivity index (χ3v) is 7.12. The summed E-state index contributed by atoms with van der Waals surface area (Å²) in [5.74, 6) is -1.38. The molecule has 0 aromatic rings. The van der Waals surface area contributed by atoms with Crippen LogP contribution in [-0.2, 0) is 24.2 Å². The van der Waals surface area contributed by atoms with Crippen LogP contribution in [0.25, 0.3) is 0 Å². The number of imide groups is 1. The fourth-order valence-electron chi connectivity index (χ4n) is 2.47. The van der Waals surface area contributed by atoms with Crippen LogP contribution in [0.2, 0.25) is 0 Å². The van der Waals surface area contributed by atoms with Gasteiger partial charge in [0.1, 0.15) is 4.75 Å². The second kappa shape index (κ2) is 8.89. The van der Waals surface area contributed by atoms with Crippen molar-refractivity contribution >= 4 is 27.4 Å². The molecule has 1 aliphatic rings. The molecule has 7 nitrogen and oxygen atoms in total. The average molecular weight is 375 g/mol. The molecule has 2 amide bonds. The number of ether oxygens (including phenoxy) is 1. The number of amides is 2. The summed E-state index contributed by atoms with van der Waals surface area (Å²) >= 11 is 0. The van der Waals surface area contributed by atoms with E-state index in [0.29, 0.717) is 32.5 Å². The van der Waals surface area contributed by atoms with Crippen LogP contribution in [0.5, 0.6) is 0 Å². The van der Waals surface area contributed by atoms with Crippen LogP contribution in [0.4, 0.5) is 0 Å². The van der Waals surface area contributed by atoms with Crippen LogP contribution < -0.4 is 5.32 Å². The zero-order valence-electron chi connectivity index (χ0n) is 15.6. The Balaban J connectivity index is 2.63. The SMILES string of the molecule is CC(C)CCS(=O)(=O)C(C)(C)C(=O)NC(=O)CC(=N)C1CCOCC1. The van der Waals surface area contributed by atoms with Crippen molar-refractivity contribution in [3.8, 4) is 0 Å². The Morgan fingerprint density at radius 3 is 2.32 bits per heavy atom. The zero-order valence-corrected chi connectivity index (χ0v) is 16.4. The van der Waals surface area contributed by atoms with E-state index in [9.17, 15) is 18.0 Å². The Labute approximate surface area is 150 Å². The van der Waals surface area contributed by atoms with Gasteiger partial charge in [0, 0.05) is 24.8 Å². The molecule has 0 bridgehead atoms. The molecule has 0 aromatic heterocycles. The quantitative estimate of drug-likeness (QED) is 0.628. The first-order valence-corrected chi connectivity index (χ1v) is 10.3. The molecule has 0 aliphatic carbocycles. The Morgan fingerprint density at radius 1 is 1.24 bits per heavy atom. The lowest BCUT2D eigenvalue weighted by Crippen LogP contribution is -2.51. The Morgan fingerprint density at radius 2 is 1.80 bits per heavy atom. The van der Waals surface area contributed by atoms with Gasteiger partial charge in [-0.3, -0.25) is 14.9 Å². The highest BCUT2D eigenvalue weighted by molar-refractivity contribution is 7.93. The lowest BCUT2D eigenvalue weighted by Gasteiger charge is -2.25. The molecule has 1 fully saturated rings. The van der Waals surface area contributed by atoms with Crippen molar-refractivity contribution in [3.05, 3.63) is 0 Å². The molecule has 8 heteroatoms. The number of nitrogens with one attached hydrogen (secondary N) is 2. The van der Waals surface area contributed by atoms with Gasteiger partial charge in [-0.1, -0.05) is 13.8 Å². The minimum Gasteiger partial charge on any atom is -0.381 e. The van der Waals surface area contributed by atoms with Crippen molar-refractivity contribution in [1.29, 1.82) is 5.41 Å². The second-order valence-electron chi connectivity index (χ2n) is 7.48. The van der Waals surface area contributed by atoms with Gasteiger partial charge < -0.3 is 10.1 Å². The summed E-state index contributed by atoms with van der Waals surface area (Å²) in [5.41, 5.74) is 0.258. The molecule has 0 radical (unpaired) electrons. The minimum atomic E-state index is -3.68. The molecule has 1 saturated heterocycles. The minimum absolute atomic E-state index is 0.0163. The fourth-order valence-corrected chi connectivity index (χ4v) is 4.10. The number of hydrogen-bond donors (Lipinski definition) is 2.